The molecule has 75 heavy (non-hydrogen) atoms. The van der Waals surface area contributed by atoms with Crippen LogP contribution in [0.5, 0.6) is 17.2 Å². The van der Waals surface area contributed by atoms with Gasteiger partial charge in [0.2, 0.25) is 5.91 Å². The fourth-order valence-corrected chi connectivity index (χ4v) is 9.54. The lowest BCUT2D eigenvalue weighted by Crippen LogP contribution is -2.42. The van der Waals surface area contributed by atoms with Crippen LogP contribution in [0, 0.1) is 17.5 Å². The van der Waals surface area contributed by atoms with Crippen LogP contribution in [0.15, 0.2) is 164 Å². The van der Waals surface area contributed by atoms with E-state index in [1.807, 2.05) is 54.6 Å². The number of carbonyl (C=O) groups excluding carboxylic acids is 2. The monoisotopic (exact) mass is 1040 g/mol. The number of amides is 2. The average molecular weight is 1040 g/mol. The molecule has 0 spiro atoms. The smallest absolute Gasteiger partial charge is 0.273 e. The summed E-state index contributed by atoms with van der Waals surface area (Å²) < 4.78 is 49.8. The van der Waals surface area contributed by atoms with Gasteiger partial charge >= 0.3 is 0 Å². The number of nitrogens with one attached hydrogen (secondary N) is 2. The maximum absolute atomic E-state index is 13.0. The lowest BCUT2D eigenvalue weighted by molar-refractivity contribution is -0.121. The molecule has 5 heterocycles. The molecule has 11 rings (SSSR count). The Labute approximate surface area is 434 Å². The highest BCUT2D eigenvalue weighted by Crippen LogP contribution is 2.38. The predicted octanol–water partition coefficient (Wildman–Crippen LogP) is 11.1. The Hall–Kier alpha value is -9.20. The van der Waals surface area contributed by atoms with Crippen molar-refractivity contribution in [1.82, 2.24) is 46.2 Å². The summed E-state index contributed by atoms with van der Waals surface area (Å²) in [4.78, 5) is 37.2. The molecule has 0 unspecified atom stereocenters. The molecule has 11 aromatic rings. The highest BCUT2D eigenvalue weighted by Gasteiger charge is 2.19. The minimum Gasteiger partial charge on any atom is -0.505 e. The summed E-state index contributed by atoms with van der Waals surface area (Å²) in [6.07, 6.45) is 6.20. The first-order valence-corrected chi connectivity index (χ1v) is 24.5. The van der Waals surface area contributed by atoms with E-state index in [0.717, 1.165) is 53.4 Å². The second-order valence-corrected chi connectivity index (χ2v) is 18.5. The summed E-state index contributed by atoms with van der Waals surface area (Å²) in [6.45, 7) is 0. The quantitative estimate of drug-likeness (QED) is 0.104. The number of hydrazine groups is 1. The number of fused-ring (bicyclic) bond motifs is 3. The van der Waals surface area contributed by atoms with Crippen LogP contribution in [0.4, 0.5) is 13.2 Å². The molecule has 19 heteroatoms. The molecule has 0 aliphatic heterocycles. The van der Waals surface area contributed by atoms with Gasteiger partial charge < -0.3 is 14.6 Å². The number of methoxy groups -OCH3 is 2. The number of hydrogen-bond donors (Lipinski definition) is 3. The Kier molecular flexibility index (Phi) is 15.9. The fourth-order valence-electron chi connectivity index (χ4n) is 7.75. The number of aromatic hydroxyl groups is 1. The minimum absolute atomic E-state index is 0.0109. The first kappa shape index (κ1) is 50.7. The molecule has 14 nitrogen and oxygen atoms in total. The molecule has 2 amide bonds. The third kappa shape index (κ3) is 12.4. The van der Waals surface area contributed by atoms with Crippen LogP contribution in [0.3, 0.4) is 0 Å². The second kappa shape index (κ2) is 23.6. The van der Waals surface area contributed by atoms with E-state index in [4.69, 9.17) is 9.47 Å². The van der Waals surface area contributed by atoms with E-state index >= 15 is 0 Å². The zero-order chi connectivity index (χ0) is 52.3. The summed E-state index contributed by atoms with van der Waals surface area (Å²) in [7, 11) is 3.08. The van der Waals surface area contributed by atoms with E-state index in [1.165, 1.54) is 78.3 Å². The normalized spacial score (nSPS) is 10.8. The number of hydrogen-bond acceptors (Lipinski definition) is 14. The van der Waals surface area contributed by atoms with Crippen molar-refractivity contribution in [1.29, 1.82) is 0 Å². The SMILES string of the molecule is COc1c(-c2nnc(Cc3ccc(F)cc3)s2)ccc2cccnc12.COc1c(C(=O)NNC(=O)Cc2ccc(F)cc2)ccc2cccnc12.Oc1c(-c2nnc(Cc3ccc(F)cc3)s2)ccc2cccnc12. The number of ether oxygens (including phenoxy) is 2. The average Bonchev–Trinajstić information content (AvgIpc) is 4.12. The molecular weight excluding hydrogens is 1000 g/mol. The van der Waals surface area contributed by atoms with E-state index in [2.05, 4.69) is 46.2 Å². The van der Waals surface area contributed by atoms with E-state index < -0.39 is 11.8 Å². The highest BCUT2D eigenvalue weighted by molar-refractivity contribution is 7.15. The van der Waals surface area contributed by atoms with Gasteiger partial charge in [-0.1, -0.05) is 95.5 Å². The molecule has 0 aliphatic carbocycles. The highest BCUT2D eigenvalue weighted by atomic mass is 32.1. The third-order valence-electron chi connectivity index (χ3n) is 11.4. The van der Waals surface area contributed by atoms with Gasteiger partial charge in [-0.25, -0.2) is 13.2 Å². The standard InChI is InChI=1S/C19H16FN3O3.C19H14FN3OS.C18H12FN3OS/c1-26-18-15(9-6-13-3-2-10-21-17(13)18)19(25)23-22-16(24)11-12-4-7-14(20)8-5-12;1-24-18-15(9-6-13-3-2-10-21-17(13)18)19-23-22-16(25-19)11-12-4-7-14(20)8-5-12;19-13-6-3-11(4-7-13)10-15-21-22-18(24-15)14-8-5-12-2-1-9-20-16(12)17(14)23/h2-10H,11H2,1H3,(H,22,24)(H,23,25);2-10H,11H2,1H3;1-9,23H,10H2. The van der Waals surface area contributed by atoms with Crippen LogP contribution in [0.2, 0.25) is 0 Å². The van der Waals surface area contributed by atoms with Crippen molar-refractivity contribution in [3.63, 3.8) is 0 Å². The zero-order valence-corrected chi connectivity index (χ0v) is 41.5. The lowest BCUT2D eigenvalue weighted by Gasteiger charge is -2.12. The van der Waals surface area contributed by atoms with E-state index in [1.54, 1.807) is 68.2 Å². The van der Waals surface area contributed by atoms with Crippen molar-refractivity contribution in [2.45, 2.75) is 19.3 Å². The number of aromatic nitrogens is 7. The van der Waals surface area contributed by atoms with Gasteiger partial charge in [-0.15, -0.1) is 20.4 Å². The Morgan fingerprint density at radius 3 is 1.47 bits per heavy atom. The van der Waals surface area contributed by atoms with Gasteiger partial charge in [0.05, 0.1) is 37.3 Å². The lowest BCUT2D eigenvalue weighted by atomic mass is 10.1. The molecule has 0 fully saturated rings. The first-order chi connectivity index (χ1) is 36.5. The molecule has 0 saturated carbocycles. The Morgan fingerprint density at radius 2 is 0.947 bits per heavy atom. The molecule has 0 atom stereocenters. The number of carbonyl (C=O) groups is 2. The Balaban J connectivity index is 0.000000138. The van der Waals surface area contributed by atoms with Crippen LogP contribution >= 0.6 is 22.7 Å². The van der Waals surface area contributed by atoms with Crippen LogP contribution in [0.25, 0.3) is 53.9 Å². The van der Waals surface area contributed by atoms with Crippen molar-refractivity contribution in [2.75, 3.05) is 14.2 Å². The molecule has 5 aromatic heterocycles. The maximum atomic E-state index is 13.0. The van der Waals surface area contributed by atoms with Crippen molar-refractivity contribution in [3.05, 3.63) is 214 Å². The summed E-state index contributed by atoms with van der Waals surface area (Å²) in [6, 6.07) is 40.6. The number of rotatable bonds is 11. The summed E-state index contributed by atoms with van der Waals surface area (Å²) in [5, 5.41) is 33.2. The molecule has 3 N–H and O–H groups in total. The van der Waals surface area contributed by atoms with E-state index in [9.17, 15) is 27.9 Å². The minimum atomic E-state index is -0.526. The Morgan fingerprint density at radius 1 is 0.507 bits per heavy atom. The number of nitrogens with zero attached hydrogens (tertiary/aromatic N) is 7. The largest absolute Gasteiger partial charge is 0.505 e. The van der Waals surface area contributed by atoms with Gasteiger partial charge in [-0.2, -0.15) is 0 Å². The number of phenols is 1. The fraction of sp³-hybridized carbons (Fsp3) is 0.0893. The number of pyridine rings is 3. The summed E-state index contributed by atoms with van der Waals surface area (Å²) in [5.74, 6) is -0.696. The number of phenolic OH excluding ortho intramolecular Hbond substituents is 1. The molecule has 0 bridgehead atoms. The summed E-state index contributed by atoms with van der Waals surface area (Å²) in [5.41, 5.74) is 10.9. The topological polar surface area (TPSA) is 187 Å². The van der Waals surface area contributed by atoms with Crippen LogP contribution in [0.1, 0.15) is 37.1 Å². The number of benzene rings is 6. The molecule has 0 saturated heterocycles. The maximum Gasteiger partial charge on any atom is 0.273 e. The van der Waals surface area contributed by atoms with Crippen molar-refractivity contribution in [3.8, 4) is 38.4 Å². The van der Waals surface area contributed by atoms with Crippen LogP contribution in [-0.4, -0.2) is 66.5 Å². The molecular formula is C56H42F3N9O5S2. The second-order valence-electron chi connectivity index (χ2n) is 16.4. The van der Waals surface area contributed by atoms with Gasteiger partial charge in [0.1, 0.15) is 44.0 Å². The number of halogens is 3. The van der Waals surface area contributed by atoms with Crippen molar-refractivity contribution < 1.29 is 37.3 Å². The van der Waals surface area contributed by atoms with Crippen LogP contribution in [-0.2, 0) is 24.1 Å². The van der Waals surface area contributed by atoms with Gasteiger partial charge in [0, 0.05) is 47.6 Å². The van der Waals surface area contributed by atoms with Crippen LogP contribution < -0.4 is 20.3 Å². The third-order valence-corrected chi connectivity index (χ3v) is 13.3. The van der Waals surface area contributed by atoms with Crippen molar-refractivity contribution >= 4 is 67.2 Å². The van der Waals surface area contributed by atoms with Crippen molar-refractivity contribution in [2.24, 2.45) is 0 Å². The molecule has 374 valence electrons. The summed E-state index contributed by atoms with van der Waals surface area (Å²) >= 11 is 2.90. The van der Waals surface area contributed by atoms with Gasteiger partial charge in [0.25, 0.3) is 5.91 Å². The van der Waals surface area contributed by atoms with Gasteiger partial charge in [0.15, 0.2) is 27.3 Å². The van der Waals surface area contributed by atoms with E-state index in [0.29, 0.717) is 51.5 Å². The zero-order valence-electron chi connectivity index (χ0n) is 39.9. The van der Waals surface area contributed by atoms with E-state index in [-0.39, 0.29) is 35.2 Å². The first-order valence-electron chi connectivity index (χ1n) is 22.9. The predicted molar refractivity (Wildman–Crippen MR) is 282 cm³/mol. The van der Waals surface area contributed by atoms with Gasteiger partial charge in [-0.05, 0) is 89.5 Å². The molecule has 0 aliphatic rings. The van der Waals surface area contributed by atoms with Gasteiger partial charge in [-0.3, -0.25) is 35.4 Å². The molecule has 6 aromatic carbocycles. The molecule has 0 radical (unpaired) electrons. The Bertz CT molecular complexity index is 3790.